The molecule has 0 spiro atoms. The number of carbonyl (C=O) groups is 1. The number of hydrogen-bond donors (Lipinski definition) is 0. The molecule has 2 aromatic heterocycles. The van der Waals surface area contributed by atoms with Crippen molar-refractivity contribution >= 4 is 17.1 Å². The Labute approximate surface area is 123 Å². The third-order valence-electron chi connectivity index (χ3n) is 4.09. The van der Waals surface area contributed by atoms with E-state index in [-0.39, 0.29) is 5.78 Å². The summed E-state index contributed by atoms with van der Waals surface area (Å²) >= 11 is 1.75. The van der Waals surface area contributed by atoms with Crippen LogP contribution in [-0.4, -0.2) is 27.0 Å². The Balaban J connectivity index is 1.79. The van der Waals surface area contributed by atoms with Gasteiger partial charge in [0, 0.05) is 18.3 Å². The number of thiophene rings is 1. The summed E-state index contributed by atoms with van der Waals surface area (Å²) in [5.41, 5.74) is 3.11. The van der Waals surface area contributed by atoms with E-state index in [9.17, 15) is 4.79 Å². The normalized spacial score (nSPS) is 19.6. The quantitative estimate of drug-likeness (QED) is 0.811. The lowest BCUT2D eigenvalue weighted by atomic mass is 10.1. The van der Waals surface area contributed by atoms with Crippen LogP contribution in [0.25, 0.3) is 0 Å². The maximum atomic E-state index is 11.5. The van der Waals surface area contributed by atoms with Gasteiger partial charge in [-0.1, -0.05) is 0 Å². The lowest BCUT2D eigenvalue weighted by Gasteiger charge is -2.24. The van der Waals surface area contributed by atoms with Crippen LogP contribution in [0.4, 0.5) is 0 Å². The molecule has 106 valence electrons. The first-order chi connectivity index (χ1) is 9.66. The molecule has 0 aliphatic carbocycles. The summed E-state index contributed by atoms with van der Waals surface area (Å²) < 4.78 is 1.95. The number of likely N-dealkylation sites (tertiary alicyclic amines) is 1. The summed E-state index contributed by atoms with van der Waals surface area (Å²) in [4.78, 5) is 14.0. The van der Waals surface area contributed by atoms with Crippen molar-refractivity contribution in [3.8, 4) is 0 Å². The minimum atomic E-state index is 0.0876. The fourth-order valence-corrected chi connectivity index (χ4v) is 3.65. The molecule has 1 aliphatic rings. The maximum absolute atomic E-state index is 11.5. The fraction of sp³-hybridized carbons (Fsp3) is 0.467. The standard InChI is InChI=1S/C15H19N3OS/c1-11-14(12(2)19)8-16-18(11)10-17-6-3-4-15(17)13-5-7-20-9-13/h5,7-9,15H,3-4,6,10H2,1-2H3/t15-/m1/s1. The second-order valence-corrected chi connectivity index (χ2v) is 6.15. The topological polar surface area (TPSA) is 38.1 Å². The van der Waals surface area contributed by atoms with Gasteiger partial charge in [-0.05, 0) is 49.1 Å². The van der Waals surface area contributed by atoms with E-state index in [2.05, 4.69) is 26.8 Å². The van der Waals surface area contributed by atoms with Crippen LogP contribution in [0.2, 0.25) is 0 Å². The molecule has 3 rings (SSSR count). The van der Waals surface area contributed by atoms with Gasteiger partial charge in [-0.15, -0.1) is 0 Å². The Bertz CT molecular complexity index is 603. The van der Waals surface area contributed by atoms with Crippen molar-refractivity contribution in [2.75, 3.05) is 6.54 Å². The van der Waals surface area contributed by atoms with Gasteiger partial charge in [0.1, 0.15) is 0 Å². The van der Waals surface area contributed by atoms with Gasteiger partial charge in [0.15, 0.2) is 5.78 Å². The molecule has 0 radical (unpaired) electrons. The average Bonchev–Trinajstić information content (AvgIpc) is 3.12. The zero-order chi connectivity index (χ0) is 14.1. The Morgan fingerprint density at radius 2 is 2.40 bits per heavy atom. The lowest BCUT2D eigenvalue weighted by Crippen LogP contribution is -2.27. The first kappa shape index (κ1) is 13.5. The zero-order valence-corrected chi connectivity index (χ0v) is 12.7. The second kappa shape index (κ2) is 5.50. The van der Waals surface area contributed by atoms with E-state index in [1.807, 2.05) is 11.6 Å². The van der Waals surface area contributed by atoms with Crippen molar-refractivity contribution in [1.82, 2.24) is 14.7 Å². The van der Waals surface area contributed by atoms with Crippen LogP contribution in [0.1, 0.15) is 47.4 Å². The molecule has 0 bridgehead atoms. The summed E-state index contributed by atoms with van der Waals surface area (Å²) in [5, 5.41) is 8.75. The molecule has 1 atom stereocenters. The Kier molecular flexibility index (Phi) is 3.72. The maximum Gasteiger partial charge on any atom is 0.163 e. The summed E-state index contributed by atoms with van der Waals surface area (Å²) in [7, 11) is 0. The van der Waals surface area contributed by atoms with E-state index in [4.69, 9.17) is 0 Å². The van der Waals surface area contributed by atoms with E-state index < -0.39 is 0 Å². The third kappa shape index (κ3) is 2.43. The van der Waals surface area contributed by atoms with E-state index in [0.29, 0.717) is 6.04 Å². The summed E-state index contributed by atoms with van der Waals surface area (Å²) in [6.45, 7) is 5.42. The molecule has 4 nitrogen and oxygen atoms in total. The van der Waals surface area contributed by atoms with Crippen molar-refractivity contribution in [3.63, 3.8) is 0 Å². The van der Waals surface area contributed by atoms with Gasteiger partial charge in [0.05, 0.1) is 18.4 Å². The third-order valence-corrected chi connectivity index (χ3v) is 4.79. The molecular weight excluding hydrogens is 270 g/mol. The molecule has 5 heteroatoms. The SMILES string of the molecule is CC(=O)c1cnn(CN2CCC[C@@H]2c2ccsc2)c1C. The van der Waals surface area contributed by atoms with Gasteiger partial charge < -0.3 is 0 Å². The molecule has 0 aromatic carbocycles. The first-order valence-electron chi connectivity index (χ1n) is 6.96. The smallest absolute Gasteiger partial charge is 0.163 e. The highest BCUT2D eigenvalue weighted by Gasteiger charge is 2.27. The molecule has 1 fully saturated rings. The molecule has 0 N–H and O–H groups in total. The van der Waals surface area contributed by atoms with Crippen LogP contribution < -0.4 is 0 Å². The monoisotopic (exact) mass is 289 g/mol. The van der Waals surface area contributed by atoms with Crippen LogP contribution in [-0.2, 0) is 6.67 Å². The lowest BCUT2D eigenvalue weighted by molar-refractivity contribution is 0.101. The average molecular weight is 289 g/mol. The Hall–Kier alpha value is -1.46. The number of Topliss-reactive ketones (excluding diaryl/α,β-unsaturated/α-hetero) is 1. The van der Waals surface area contributed by atoms with Gasteiger partial charge in [-0.3, -0.25) is 14.4 Å². The number of aromatic nitrogens is 2. The predicted molar refractivity (Wildman–Crippen MR) is 80.0 cm³/mol. The van der Waals surface area contributed by atoms with Crippen LogP contribution >= 0.6 is 11.3 Å². The molecular formula is C15H19N3OS. The zero-order valence-electron chi connectivity index (χ0n) is 11.9. The summed E-state index contributed by atoms with van der Waals surface area (Å²) in [6.07, 6.45) is 4.12. The predicted octanol–water partition coefficient (Wildman–Crippen LogP) is 3.25. The van der Waals surface area contributed by atoms with Crippen molar-refractivity contribution < 1.29 is 4.79 Å². The van der Waals surface area contributed by atoms with Crippen molar-refractivity contribution in [1.29, 1.82) is 0 Å². The number of ketones is 1. The molecule has 0 saturated carbocycles. The first-order valence-corrected chi connectivity index (χ1v) is 7.90. The van der Waals surface area contributed by atoms with E-state index >= 15 is 0 Å². The van der Waals surface area contributed by atoms with E-state index in [1.54, 1.807) is 24.5 Å². The number of nitrogens with zero attached hydrogens (tertiary/aromatic N) is 3. The number of hydrogen-bond acceptors (Lipinski definition) is 4. The van der Waals surface area contributed by atoms with Gasteiger partial charge in [0.2, 0.25) is 0 Å². The molecule has 3 heterocycles. The molecule has 20 heavy (non-hydrogen) atoms. The Morgan fingerprint density at radius 1 is 1.55 bits per heavy atom. The van der Waals surface area contributed by atoms with Gasteiger partial charge in [-0.25, -0.2) is 0 Å². The molecule has 1 aliphatic heterocycles. The molecule has 2 aromatic rings. The largest absolute Gasteiger partial charge is 0.294 e. The summed E-state index contributed by atoms with van der Waals surface area (Å²) in [6, 6.07) is 2.70. The second-order valence-electron chi connectivity index (χ2n) is 5.37. The fourth-order valence-electron chi connectivity index (χ4n) is 2.94. The highest BCUT2D eigenvalue weighted by Crippen LogP contribution is 2.33. The number of carbonyl (C=O) groups excluding carboxylic acids is 1. The summed E-state index contributed by atoms with van der Waals surface area (Å²) in [5.74, 6) is 0.0876. The van der Waals surface area contributed by atoms with Crippen LogP contribution in [0.15, 0.2) is 23.0 Å². The van der Waals surface area contributed by atoms with Crippen LogP contribution in [0.3, 0.4) is 0 Å². The molecule has 1 saturated heterocycles. The van der Waals surface area contributed by atoms with Gasteiger partial charge >= 0.3 is 0 Å². The molecule has 0 amide bonds. The van der Waals surface area contributed by atoms with Crippen molar-refractivity contribution in [2.24, 2.45) is 0 Å². The van der Waals surface area contributed by atoms with Gasteiger partial charge in [-0.2, -0.15) is 16.4 Å². The van der Waals surface area contributed by atoms with E-state index in [1.165, 1.54) is 18.4 Å². The van der Waals surface area contributed by atoms with Crippen molar-refractivity contribution in [3.05, 3.63) is 39.8 Å². The van der Waals surface area contributed by atoms with Crippen LogP contribution in [0.5, 0.6) is 0 Å². The van der Waals surface area contributed by atoms with Crippen LogP contribution in [0, 0.1) is 6.92 Å². The van der Waals surface area contributed by atoms with Gasteiger partial charge in [0.25, 0.3) is 0 Å². The minimum absolute atomic E-state index is 0.0876. The minimum Gasteiger partial charge on any atom is -0.294 e. The highest BCUT2D eigenvalue weighted by atomic mass is 32.1. The Morgan fingerprint density at radius 3 is 3.05 bits per heavy atom. The highest BCUT2D eigenvalue weighted by molar-refractivity contribution is 7.07. The van der Waals surface area contributed by atoms with E-state index in [0.717, 1.165) is 24.5 Å². The number of rotatable bonds is 4. The molecule has 0 unspecified atom stereocenters. The van der Waals surface area contributed by atoms with Crippen molar-refractivity contribution in [2.45, 2.75) is 39.4 Å².